The van der Waals surface area contributed by atoms with Crippen molar-refractivity contribution in [3.05, 3.63) is 136 Å². The lowest BCUT2D eigenvalue weighted by Crippen LogP contribution is -2.37. The number of amides is 2. The number of imidazole rings is 2. The molecule has 75 heavy (non-hydrogen) atoms. The molecule has 2 amide bonds. The Hall–Kier alpha value is -7.12. The van der Waals surface area contributed by atoms with Gasteiger partial charge in [0.25, 0.3) is 11.8 Å². The molecule has 6 aromatic rings. The van der Waals surface area contributed by atoms with E-state index in [2.05, 4.69) is 26.7 Å². The Bertz CT molecular complexity index is 3140. The summed E-state index contributed by atoms with van der Waals surface area (Å²) >= 11 is 6.04. The molecule has 400 valence electrons. The van der Waals surface area contributed by atoms with E-state index in [-0.39, 0.29) is 88.3 Å². The minimum absolute atomic E-state index is 0.00402. The number of aliphatic hydroxyl groups excluding tert-OH is 2. The van der Waals surface area contributed by atoms with Gasteiger partial charge in [-0.3, -0.25) is 14.4 Å². The second-order valence-corrected chi connectivity index (χ2v) is 20.1. The fourth-order valence-electron chi connectivity index (χ4n) is 7.68. The van der Waals surface area contributed by atoms with Crippen LogP contribution in [0.2, 0.25) is 5.02 Å². The number of carbonyl (C=O) groups is 3. The van der Waals surface area contributed by atoms with Gasteiger partial charge >= 0.3 is 6.18 Å². The van der Waals surface area contributed by atoms with Crippen LogP contribution in [0, 0.1) is 17.1 Å². The average molecular weight is 1080 g/mol. The lowest BCUT2D eigenvalue weighted by Gasteiger charge is -2.20. The van der Waals surface area contributed by atoms with E-state index >= 15 is 4.39 Å². The predicted octanol–water partition coefficient (Wildman–Crippen LogP) is 8.49. The molecule has 0 radical (unpaired) electrons. The highest BCUT2D eigenvalue weighted by molar-refractivity contribution is 7.90. The summed E-state index contributed by atoms with van der Waals surface area (Å²) < 4.78 is 90.6. The van der Waals surface area contributed by atoms with Crippen molar-refractivity contribution in [2.75, 3.05) is 19.5 Å². The number of aliphatic hydroxyl groups is 2. The molecule has 4 N–H and O–H groups in total. The zero-order valence-electron chi connectivity index (χ0n) is 42.2. The van der Waals surface area contributed by atoms with Gasteiger partial charge in [-0.05, 0) is 113 Å². The van der Waals surface area contributed by atoms with Gasteiger partial charge in [0.1, 0.15) is 23.4 Å². The number of sulfone groups is 1. The van der Waals surface area contributed by atoms with Gasteiger partial charge in [0.15, 0.2) is 17.7 Å². The number of nitrogens with zero attached hydrogens (tertiary/aromatic N) is 5. The molecule has 3 atom stereocenters. The first-order valence-corrected chi connectivity index (χ1v) is 25.9. The molecular weight excluding hydrogens is 1020 g/mol. The smallest absolute Gasteiger partial charge is 0.425 e. The predicted molar refractivity (Wildman–Crippen MR) is 273 cm³/mol. The number of aromatic nitrogens is 4. The van der Waals surface area contributed by atoms with Crippen molar-refractivity contribution in [1.82, 2.24) is 29.7 Å². The van der Waals surface area contributed by atoms with Crippen molar-refractivity contribution >= 4 is 39.0 Å². The molecule has 6 rings (SSSR count). The fourth-order valence-corrected chi connectivity index (χ4v) is 8.75. The number of ketones is 1. The summed E-state index contributed by atoms with van der Waals surface area (Å²) in [5.74, 6) is -1.29. The molecule has 4 aromatic carbocycles. The molecule has 0 saturated carbocycles. The number of nitrogens with one attached hydrogen (secondary N) is 2. The molecule has 22 heteroatoms. The number of nitriles is 1. The first-order valence-electron chi connectivity index (χ1n) is 23.6. The van der Waals surface area contributed by atoms with Crippen LogP contribution in [0.3, 0.4) is 0 Å². The maximum absolute atomic E-state index is 15.0. The van der Waals surface area contributed by atoms with Gasteiger partial charge in [-0.15, -0.1) is 0 Å². The van der Waals surface area contributed by atoms with E-state index in [4.69, 9.17) is 21.1 Å². The van der Waals surface area contributed by atoms with Crippen LogP contribution < -0.4 is 20.1 Å². The van der Waals surface area contributed by atoms with Crippen molar-refractivity contribution in [3.8, 4) is 40.1 Å². The van der Waals surface area contributed by atoms with E-state index < -0.39 is 39.9 Å². The van der Waals surface area contributed by atoms with Gasteiger partial charge in [-0.25, -0.2) is 22.8 Å². The summed E-state index contributed by atoms with van der Waals surface area (Å²) in [7, 11) is -1.80. The van der Waals surface area contributed by atoms with Crippen LogP contribution in [0.25, 0.3) is 22.5 Å². The van der Waals surface area contributed by atoms with Crippen LogP contribution in [0.1, 0.15) is 95.5 Å². The van der Waals surface area contributed by atoms with E-state index in [0.29, 0.717) is 47.7 Å². The topological polar surface area (TPSA) is 228 Å². The van der Waals surface area contributed by atoms with Gasteiger partial charge in [-0.1, -0.05) is 41.9 Å². The Morgan fingerprint density at radius 1 is 0.813 bits per heavy atom. The molecule has 0 aliphatic rings. The highest BCUT2D eigenvalue weighted by atomic mass is 35.5. The number of halogens is 5. The minimum Gasteiger partial charge on any atom is -0.490 e. The monoisotopic (exact) mass is 1080 g/mol. The van der Waals surface area contributed by atoms with E-state index in [1.165, 1.54) is 47.9 Å². The van der Waals surface area contributed by atoms with Gasteiger partial charge in [0.2, 0.25) is 15.0 Å². The molecule has 0 spiro atoms. The third-order valence-corrected chi connectivity index (χ3v) is 12.8. The second-order valence-electron chi connectivity index (χ2n) is 17.8. The zero-order chi connectivity index (χ0) is 55.4. The Morgan fingerprint density at radius 2 is 1.39 bits per heavy atom. The molecular formula is C53H58ClF4N7O9S. The molecule has 0 bridgehead atoms. The van der Waals surface area contributed by atoms with Crippen molar-refractivity contribution in [1.29, 1.82) is 5.26 Å². The first-order chi connectivity index (χ1) is 35.3. The molecule has 0 fully saturated rings. The van der Waals surface area contributed by atoms with Gasteiger partial charge in [0, 0.05) is 86.7 Å². The molecule has 2 aromatic heterocycles. The van der Waals surface area contributed by atoms with E-state index in [1.54, 1.807) is 42.2 Å². The van der Waals surface area contributed by atoms with Gasteiger partial charge < -0.3 is 39.5 Å². The maximum atomic E-state index is 15.0. The van der Waals surface area contributed by atoms with Gasteiger partial charge in [0.05, 0.1) is 28.1 Å². The third-order valence-electron chi connectivity index (χ3n) is 11.4. The molecule has 0 saturated heterocycles. The Kier molecular flexibility index (Phi) is 20.3. The van der Waals surface area contributed by atoms with Crippen LogP contribution in [-0.4, -0.2) is 105 Å². The van der Waals surface area contributed by atoms with Crippen LogP contribution in [0.5, 0.6) is 11.5 Å². The number of rotatable bonds is 21. The summed E-state index contributed by atoms with van der Waals surface area (Å²) in [4.78, 5) is 46.0. The Morgan fingerprint density at radius 3 is 1.87 bits per heavy atom. The van der Waals surface area contributed by atoms with Crippen molar-refractivity contribution in [2.45, 2.75) is 102 Å². The highest BCUT2D eigenvalue weighted by Crippen LogP contribution is 2.31. The summed E-state index contributed by atoms with van der Waals surface area (Å²) in [5, 5.41) is 33.9. The SMILES string of the molecule is CC(C)Oc1ccc(C(=O)NC(CCO)Cc2ccc(-c3cn(C)c(S(C)(=O)=O)n3)cc2)cc1C#N.CCn1cc(-c2ccc(CC(CCO)NC(=O)c3ccc(OC(C)C(F)(F)F)c(Cl)c3)cc2F)nc1C(C)=O. The van der Waals surface area contributed by atoms with Crippen molar-refractivity contribution < 1.29 is 60.0 Å². The third kappa shape index (κ3) is 16.2. The number of ether oxygens (including phenoxy) is 2. The molecule has 0 aliphatic heterocycles. The second kappa shape index (κ2) is 25.9. The summed E-state index contributed by atoms with van der Waals surface area (Å²) in [5.41, 5.74) is 3.99. The largest absolute Gasteiger partial charge is 0.490 e. The standard InChI is InChI=1S/C27H28ClF4N3O4.C26H30N4O5S/c1-4-35-14-23(34-25(35)15(2)37)20-7-5-17(12-22(20)29)11-19(9-10-36)33-26(38)18-6-8-24(21(28)13-18)39-16(3)27(30,31)32;1-17(2)35-24-10-9-20(14-21(24)15-27)25(32)28-22(11-12-31)13-18-5-7-19(8-6-18)23-16-30(3)26(29-23)36(4,33)34/h5-8,12-14,16,19,36H,4,9-11H2,1-3H3,(H,33,38);5-10,14,16-17,22,31H,11-13H2,1-4H3,(H,28,32). The normalized spacial score (nSPS) is 12.7. The fraction of sp³-hybridized carbons (Fsp3) is 0.358. The summed E-state index contributed by atoms with van der Waals surface area (Å²) in [6.07, 6.45) is -1.21. The summed E-state index contributed by atoms with van der Waals surface area (Å²) in [6.45, 7) is 7.93. The van der Waals surface area contributed by atoms with E-state index in [0.717, 1.165) is 24.3 Å². The van der Waals surface area contributed by atoms with E-state index in [9.17, 15) is 51.4 Å². The first kappa shape index (κ1) is 58.8. The summed E-state index contributed by atoms with van der Waals surface area (Å²) in [6, 6.07) is 21.4. The van der Waals surface area contributed by atoms with Crippen LogP contribution >= 0.6 is 11.6 Å². The lowest BCUT2D eigenvalue weighted by molar-refractivity contribution is -0.189. The number of carbonyl (C=O) groups excluding carboxylic acids is 3. The lowest BCUT2D eigenvalue weighted by atomic mass is 10.0. The Balaban J connectivity index is 0.000000278. The number of hydrogen-bond acceptors (Lipinski definition) is 12. The quantitative estimate of drug-likeness (QED) is 0.0393. The Labute approximate surface area is 437 Å². The number of hydrogen-bond donors (Lipinski definition) is 4. The number of aryl methyl sites for hydroxylation is 2. The highest BCUT2D eigenvalue weighted by Gasteiger charge is 2.38. The zero-order valence-corrected chi connectivity index (χ0v) is 43.8. The van der Waals surface area contributed by atoms with Gasteiger partial charge in [-0.2, -0.15) is 18.4 Å². The van der Waals surface area contributed by atoms with E-state index in [1.807, 2.05) is 45.0 Å². The van der Waals surface area contributed by atoms with Crippen LogP contribution in [0.4, 0.5) is 17.6 Å². The molecule has 2 heterocycles. The van der Waals surface area contributed by atoms with Crippen molar-refractivity contribution in [2.24, 2.45) is 7.05 Å². The molecule has 3 unspecified atom stereocenters. The number of Topliss-reactive ketones (excluding diaryl/α,β-unsaturated/α-hetero) is 1. The van der Waals surface area contributed by atoms with Crippen LogP contribution in [0.15, 0.2) is 96.4 Å². The van der Waals surface area contributed by atoms with Crippen molar-refractivity contribution in [3.63, 3.8) is 0 Å². The average Bonchev–Trinajstić information content (AvgIpc) is 3.97. The number of alkyl halides is 3. The van der Waals surface area contributed by atoms with Crippen LogP contribution in [-0.2, 0) is 36.3 Å². The molecule has 0 aliphatic carbocycles. The minimum atomic E-state index is -4.58. The number of benzene rings is 4. The molecule has 16 nitrogen and oxygen atoms in total. The maximum Gasteiger partial charge on any atom is 0.425 e.